The first-order chi connectivity index (χ1) is 12.9. The number of ketones is 1. The second-order valence-corrected chi connectivity index (χ2v) is 7.94. The summed E-state index contributed by atoms with van der Waals surface area (Å²) in [5.74, 6) is 0.401. The van der Waals surface area contributed by atoms with Crippen LogP contribution in [0.15, 0.2) is 24.3 Å². The van der Waals surface area contributed by atoms with Crippen LogP contribution in [-0.2, 0) is 16.1 Å². The molecule has 0 bridgehead atoms. The molecule has 1 fully saturated rings. The summed E-state index contributed by atoms with van der Waals surface area (Å²) in [7, 11) is 0. The summed E-state index contributed by atoms with van der Waals surface area (Å²) >= 11 is 0. The summed E-state index contributed by atoms with van der Waals surface area (Å²) < 4.78 is 2.32. The number of para-hydroxylation sites is 1. The highest BCUT2D eigenvalue weighted by atomic mass is 16.1. The third-order valence-electron chi connectivity index (χ3n) is 5.92. The lowest BCUT2D eigenvalue weighted by Crippen LogP contribution is -2.49. The van der Waals surface area contributed by atoms with Crippen molar-refractivity contribution >= 4 is 22.6 Å². The number of fused-ring (bicyclic) bond motifs is 1. The van der Waals surface area contributed by atoms with Crippen molar-refractivity contribution in [2.24, 2.45) is 5.92 Å². The molecule has 3 rings (SSSR count). The van der Waals surface area contributed by atoms with Gasteiger partial charge in [-0.15, -0.1) is 0 Å². The fourth-order valence-corrected chi connectivity index (χ4v) is 4.36. The first-order valence-corrected chi connectivity index (χ1v) is 9.91. The molecule has 1 aromatic carbocycles. The van der Waals surface area contributed by atoms with Crippen molar-refractivity contribution in [3.8, 4) is 0 Å². The van der Waals surface area contributed by atoms with Gasteiger partial charge in [0.2, 0.25) is 5.91 Å². The van der Waals surface area contributed by atoms with Crippen molar-refractivity contribution in [2.75, 3.05) is 19.6 Å². The highest BCUT2D eigenvalue weighted by Crippen LogP contribution is 2.25. The van der Waals surface area contributed by atoms with Crippen molar-refractivity contribution in [1.29, 1.82) is 0 Å². The topological polar surface area (TPSA) is 54.3 Å². The molecule has 2 aromatic rings. The maximum atomic E-state index is 11.8. The molecule has 27 heavy (non-hydrogen) atoms. The van der Waals surface area contributed by atoms with E-state index in [1.807, 2.05) is 0 Å². The molecule has 146 valence electrons. The zero-order valence-electron chi connectivity index (χ0n) is 16.9. The Hall–Kier alpha value is -2.14. The van der Waals surface area contributed by atoms with Gasteiger partial charge in [0.05, 0.1) is 6.04 Å². The number of amides is 1. The van der Waals surface area contributed by atoms with Crippen LogP contribution >= 0.6 is 0 Å². The summed E-state index contributed by atoms with van der Waals surface area (Å²) in [4.78, 5) is 25.9. The van der Waals surface area contributed by atoms with Crippen LogP contribution in [0.2, 0.25) is 0 Å². The van der Waals surface area contributed by atoms with Crippen LogP contribution in [0.25, 0.3) is 10.9 Å². The van der Waals surface area contributed by atoms with E-state index in [9.17, 15) is 9.59 Å². The van der Waals surface area contributed by atoms with Gasteiger partial charge in [0, 0.05) is 49.1 Å². The van der Waals surface area contributed by atoms with Crippen molar-refractivity contribution in [3.63, 3.8) is 0 Å². The number of rotatable bonds is 6. The Labute approximate surface area is 161 Å². The summed E-state index contributed by atoms with van der Waals surface area (Å²) in [6.45, 7) is 10.9. The normalized spacial score (nSPS) is 19.2. The van der Waals surface area contributed by atoms with Crippen LogP contribution in [0.5, 0.6) is 0 Å². The van der Waals surface area contributed by atoms with E-state index in [0.717, 1.165) is 39.0 Å². The van der Waals surface area contributed by atoms with E-state index < -0.39 is 0 Å². The molecule has 5 nitrogen and oxygen atoms in total. The van der Waals surface area contributed by atoms with Gasteiger partial charge in [-0.3, -0.25) is 9.59 Å². The SMILES string of the molecule is CC(=O)NC(CN1CCCC(C(C)=O)C1)Cn1c(C)c(C)c2ccccc21. The van der Waals surface area contributed by atoms with E-state index in [0.29, 0.717) is 0 Å². The minimum absolute atomic E-state index is 0.00837. The van der Waals surface area contributed by atoms with Crippen molar-refractivity contribution in [1.82, 2.24) is 14.8 Å². The van der Waals surface area contributed by atoms with Crippen molar-refractivity contribution < 1.29 is 9.59 Å². The molecule has 0 spiro atoms. The van der Waals surface area contributed by atoms with E-state index in [1.165, 1.54) is 22.2 Å². The number of aryl methyl sites for hydroxylation is 1. The van der Waals surface area contributed by atoms with E-state index >= 15 is 0 Å². The van der Waals surface area contributed by atoms with Crippen LogP contribution in [-0.4, -0.2) is 46.8 Å². The molecule has 1 aliphatic rings. The molecular formula is C22H31N3O2. The number of hydrogen-bond donors (Lipinski definition) is 1. The number of benzene rings is 1. The molecule has 0 radical (unpaired) electrons. The minimum Gasteiger partial charge on any atom is -0.351 e. The Balaban J connectivity index is 1.81. The molecule has 1 aliphatic heterocycles. The van der Waals surface area contributed by atoms with Crippen LogP contribution in [0.1, 0.15) is 37.9 Å². The second-order valence-electron chi connectivity index (χ2n) is 7.94. The fraction of sp³-hybridized carbons (Fsp3) is 0.545. The molecule has 2 heterocycles. The summed E-state index contributed by atoms with van der Waals surface area (Å²) in [6, 6.07) is 8.45. The maximum absolute atomic E-state index is 11.8. The smallest absolute Gasteiger partial charge is 0.217 e. The van der Waals surface area contributed by atoms with Crippen molar-refractivity contribution in [3.05, 3.63) is 35.5 Å². The first-order valence-electron chi connectivity index (χ1n) is 9.91. The number of nitrogens with zero attached hydrogens (tertiary/aromatic N) is 2. The molecule has 2 atom stereocenters. The quantitative estimate of drug-likeness (QED) is 0.851. The third kappa shape index (κ3) is 4.41. The number of piperidine rings is 1. The monoisotopic (exact) mass is 369 g/mol. The van der Waals surface area contributed by atoms with Crippen LogP contribution in [0.3, 0.4) is 0 Å². The average Bonchev–Trinajstić information content (AvgIpc) is 2.87. The largest absolute Gasteiger partial charge is 0.351 e. The van der Waals surface area contributed by atoms with Gasteiger partial charge in [-0.1, -0.05) is 18.2 Å². The lowest BCUT2D eigenvalue weighted by Gasteiger charge is -2.34. The van der Waals surface area contributed by atoms with Gasteiger partial charge < -0.3 is 14.8 Å². The standard InChI is InChI=1S/C22H31N3O2/c1-15-16(2)25(22-10-6-5-9-21(15)22)14-20(23-18(4)27)13-24-11-7-8-19(12-24)17(3)26/h5-6,9-10,19-20H,7-8,11-14H2,1-4H3,(H,23,27). The van der Waals surface area contributed by atoms with Gasteiger partial charge in [0.1, 0.15) is 5.78 Å². The fourth-order valence-electron chi connectivity index (χ4n) is 4.36. The first kappa shape index (κ1) is 19.6. The number of Topliss-reactive ketones (excluding diaryl/α,β-unsaturated/α-hetero) is 1. The molecule has 0 aliphatic carbocycles. The van der Waals surface area contributed by atoms with E-state index in [4.69, 9.17) is 0 Å². The molecule has 1 amide bonds. The number of carbonyl (C=O) groups is 2. The zero-order valence-corrected chi connectivity index (χ0v) is 16.9. The maximum Gasteiger partial charge on any atom is 0.217 e. The number of hydrogen-bond acceptors (Lipinski definition) is 3. The number of likely N-dealkylation sites (tertiary alicyclic amines) is 1. The molecule has 0 saturated carbocycles. The van der Waals surface area contributed by atoms with Gasteiger partial charge in [-0.05, 0) is 51.8 Å². The van der Waals surface area contributed by atoms with E-state index in [1.54, 1.807) is 13.8 Å². The molecule has 5 heteroatoms. The Bertz CT molecular complexity index is 839. The summed E-state index contributed by atoms with van der Waals surface area (Å²) in [6.07, 6.45) is 2.03. The lowest BCUT2D eigenvalue weighted by atomic mass is 9.94. The molecule has 1 N–H and O–H groups in total. The molecule has 1 aromatic heterocycles. The number of aromatic nitrogens is 1. The highest BCUT2D eigenvalue weighted by Gasteiger charge is 2.26. The molecule has 2 unspecified atom stereocenters. The van der Waals surface area contributed by atoms with Crippen LogP contribution in [0, 0.1) is 19.8 Å². The van der Waals surface area contributed by atoms with Gasteiger partial charge in [0.15, 0.2) is 0 Å². The average molecular weight is 370 g/mol. The highest BCUT2D eigenvalue weighted by molar-refractivity contribution is 5.85. The van der Waals surface area contributed by atoms with E-state index in [-0.39, 0.29) is 23.7 Å². The molecule has 1 saturated heterocycles. The van der Waals surface area contributed by atoms with Crippen LogP contribution < -0.4 is 5.32 Å². The minimum atomic E-state index is -0.00837. The van der Waals surface area contributed by atoms with Gasteiger partial charge in [-0.2, -0.15) is 0 Å². The summed E-state index contributed by atoms with van der Waals surface area (Å²) in [5, 5.41) is 4.40. The zero-order chi connectivity index (χ0) is 19.6. The number of carbonyl (C=O) groups excluding carboxylic acids is 2. The van der Waals surface area contributed by atoms with Gasteiger partial charge in [0.25, 0.3) is 0 Å². The second kappa shape index (κ2) is 8.26. The lowest BCUT2D eigenvalue weighted by molar-refractivity contribution is -0.123. The Morgan fingerprint density at radius 3 is 2.63 bits per heavy atom. The Kier molecular flexibility index (Phi) is 6.00. The van der Waals surface area contributed by atoms with Crippen LogP contribution in [0.4, 0.5) is 0 Å². The van der Waals surface area contributed by atoms with Crippen molar-refractivity contribution in [2.45, 2.75) is 53.1 Å². The van der Waals surface area contributed by atoms with Gasteiger partial charge in [-0.25, -0.2) is 0 Å². The third-order valence-corrected chi connectivity index (χ3v) is 5.92. The Morgan fingerprint density at radius 2 is 1.93 bits per heavy atom. The predicted octanol–water partition coefficient (Wildman–Crippen LogP) is 3.06. The molecular weight excluding hydrogens is 338 g/mol. The van der Waals surface area contributed by atoms with Gasteiger partial charge >= 0.3 is 0 Å². The summed E-state index contributed by atoms with van der Waals surface area (Å²) in [5.41, 5.74) is 3.75. The van der Waals surface area contributed by atoms with E-state index in [2.05, 4.69) is 52.9 Å². The predicted molar refractivity (Wildman–Crippen MR) is 109 cm³/mol. The Morgan fingerprint density at radius 1 is 1.19 bits per heavy atom. The number of nitrogens with one attached hydrogen (secondary N) is 1.